The molecule has 0 bridgehead atoms. The van der Waals surface area contributed by atoms with Gasteiger partial charge in [0, 0.05) is 51.5 Å². The van der Waals surface area contributed by atoms with E-state index in [-0.39, 0.29) is 11.8 Å². The van der Waals surface area contributed by atoms with E-state index in [0.29, 0.717) is 31.7 Å². The Balaban J connectivity index is 1.77. The number of hydrogen-bond acceptors (Lipinski definition) is 4. The van der Waals surface area contributed by atoms with Crippen molar-refractivity contribution in [1.82, 2.24) is 14.8 Å². The molecule has 1 fully saturated rings. The van der Waals surface area contributed by atoms with Gasteiger partial charge in [-0.1, -0.05) is 18.2 Å². The van der Waals surface area contributed by atoms with Crippen LogP contribution in [-0.4, -0.2) is 59.3 Å². The minimum Gasteiger partial charge on any atom is -0.340 e. The van der Waals surface area contributed by atoms with Gasteiger partial charge in [-0.2, -0.15) is 0 Å². The average molecular weight is 352 g/mol. The second-order valence-electron chi connectivity index (χ2n) is 6.31. The molecule has 0 N–H and O–H groups in total. The molecule has 1 saturated heterocycles. The summed E-state index contributed by atoms with van der Waals surface area (Å²) in [5.74, 6) is 0.0221. The normalized spacial score (nSPS) is 14.2. The van der Waals surface area contributed by atoms with Gasteiger partial charge in [0.05, 0.1) is 17.4 Å². The molecule has 0 radical (unpaired) electrons. The molecule has 0 atom stereocenters. The molecule has 0 unspecified atom stereocenters. The third kappa shape index (κ3) is 3.85. The van der Waals surface area contributed by atoms with Gasteiger partial charge in [-0.25, -0.2) is 0 Å². The maximum Gasteiger partial charge on any atom is 0.255 e. The first kappa shape index (κ1) is 17.9. The van der Waals surface area contributed by atoms with Crippen molar-refractivity contribution < 1.29 is 9.59 Å². The number of pyridine rings is 1. The van der Waals surface area contributed by atoms with E-state index in [4.69, 9.17) is 0 Å². The summed E-state index contributed by atoms with van der Waals surface area (Å²) in [6.45, 7) is 6.69. The van der Waals surface area contributed by atoms with Gasteiger partial charge in [0.2, 0.25) is 5.91 Å². The van der Waals surface area contributed by atoms with Gasteiger partial charge < -0.3 is 14.7 Å². The zero-order valence-electron chi connectivity index (χ0n) is 15.3. The Morgan fingerprint density at radius 1 is 1.00 bits per heavy atom. The van der Waals surface area contributed by atoms with Crippen LogP contribution < -0.4 is 4.90 Å². The number of piperazine rings is 1. The lowest BCUT2D eigenvalue weighted by Crippen LogP contribution is -2.50. The highest BCUT2D eigenvalue weighted by Gasteiger charge is 2.24. The van der Waals surface area contributed by atoms with Gasteiger partial charge in [0.25, 0.3) is 5.91 Å². The third-order valence-corrected chi connectivity index (χ3v) is 4.68. The van der Waals surface area contributed by atoms with E-state index in [1.165, 1.54) is 0 Å². The van der Waals surface area contributed by atoms with Crippen LogP contribution in [0.25, 0.3) is 0 Å². The molecule has 0 spiro atoms. The fourth-order valence-corrected chi connectivity index (χ4v) is 3.22. The summed E-state index contributed by atoms with van der Waals surface area (Å²) in [4.78, 5) is 34.2. The average Bonchev–Trinajstić information content (AvgIpc) is 2.69. The molecule has 136 valence electrons. The number of nitrogens with zero attached hydrogens (tertiary/aromatic N) is 4. The lowest BCUT2D eigenvalue weighted by molar-refractivity contribution is -0.130. The van der Waals surface area contributed by atoms with Crippen LogP contribution in [0.5, 0.6) is 0 Å². The lowest BCUT2D eigenvalue weighted by Gasteiger charge is -2.34. The van der Waals surface area contributed by atoms with E-state index in [9.17, 15) is 9.59 Å². The topological polar surface area (TPSA) is 56.8 Å². The van der Waals surface area contributed by atoms with Gasteiger partial charge in [-0.3, -0.25) is 14.6 Å². The van der Waals surface area contributed by atoms with Gasteiger partial charge in [0.1, 0.15) is 0 Å². The molecule has 2 aromatic rings. The van der Waals surface area contributed by atoms with Crippen LogP contribution in [0, 0.1) is 0 Å². The maximum atomic E-state index is 12.8. The molecular weight excluding hydrogens is 328 g/mol. The molecule has 1 aromatic heterocycles. The van der Waals surface area contributed by atoms with E-state index in [1.54, 1.807) is 29.1 Å². The maximum absolute atomic E-state index is 12.8. The van der Waals surface area contributed by atoms with Gasteiger partial charge in [0.15, 0.2) is 0 Å². The summed E-state index contributed by atoms with van der Waals surface area (Å²) in [6.07, 6.45) is 3.39. The van der Waals surface area contributed by atoms with Crippen LogP contribution in [0.4, 0.5) is 11.4 Å². The Kier molecular flexibility index (Phi) is 5.51. The SMILES string of the molecule is CCN(c1ccccc1)c1cncc(C(=O)N2CCN(C(C)=O)CC2)c1. The fraction of sp³-hybridized carbons (Fsp3) is 0.350. The van der Waals surface area contributed by atoms with Crippen molar-refractivity contribution in [3.8, 4) is 0 Å². The molecule has 2 heterocycles. The van der Waals surface area contributed by atoms with Crippen molar-refractivity contribution in [2.45, 2.75) is 13.8 Å². The summed E-state index contributed by atoms with van der Waals surface area (Å²) in [7, 11) is 0. The Morgan fingerprint density at radius 2 is 1.65 bits per heavy atom. The van der Waals surface area contributed by atoms with Crippen molar-refractivity contribution >= 4 is 23.2 Å². The number of amides is 2. The van der Waals surface area contributed by atoms with E-state index < -0.39 is 0 Å². The zero-order valence-corrected chi connectivity index (χ0v) is 15.3. The highest BCUT2D eigenvalue weighted by molar-refractivity contribution is 5.95. The van der Waals surface area contributed by atoms with E-state index in [2.05, 4.69) is 16.8 Å². The number of carbonyl (C=O) groups is 2. The Labute approximate surface area is 154 Å². The van der Waals surface area contributed by atoms with Crippen LogP contribution in [0.15, 0.2) is 48.8 Å². The monoisotopic (exact) mass is 352 g/mol. The molecule has 3 rings (SSSR count). The summed E-state index contributed by atoms with van der Waals surface area (Å²) < 4.78 is 0. The number of anilines is 2. The quantitative estimate of drug-likeness (QED) is 0.849. The number of rotatable bonds is 4. The van der Waals surface area contributed by atoms with Crippen molar-refractivity contribution in [2.24, 2.45) is 0 Å². The summed E-state index contributed by atoms with van der Waals surface area (Å²) >= 11 is 0. The molecule has 0 aliphatic carbocycles. The molecular formula is C20H24N4O2. The van der Waals surface area contributed by atoms with E-state index in [1.807, 2.05) is 36.4 Å². The lowest BCUT2D eigenvalue weighted by atomic mass is 10.2. The zero-order chi connectivity index (χ0) is 18.5. The largest absolute Gasteiger partial charge is 0.340 e. The number of carbonyl (C=O) groups excluding carboxylic acids is 2. The Morgan fingerprint density at radius 3 is 2.27 bits per heavy atom. The van der Waals surface area contributed by atoms with Gasteiger partial charge >= 0.3 is 0 Å². The van der Waals surface area contributed by atoms with E-state index >= 15 is 0 Å². The predicted octanol–water partition coefficient (Wildman–Crippen LogP) is 2.54. The minimum absolute atomic E-state index is 0.0355. The summed E-state index contributed by atoms with van der Waals surface area (Å²) in [6, 6.07) is 11.9. The van der Waals surface area contributed by atoms with Crippen LogP contribution in [0.3, 0.4) is 0 Å². The Hall–Kier alpha value is -2.89. The second kappa shape index (κ2) is 7.99. The first-order valence-electron chi connectivity index (χ1n) is 8.92. The molecule has 26 heavy (non-hydrogen) atoms. The summed E-state index contributed by atoms with van der Waals surface area (Å²) in [5.41, 5.74) is 2.54. The number of hydrogen-bond donors (Lipinski definition) is 0. The van der Waals surface area contributed by atoms with Crippen molar-refractivity contribution in [1.29, 1.82) is 0 Å². The molecule has 1 aliphatic rings. The van der Waals surface area contributed by atoms with Crippen LogP contribution in [0.1, 0.15) is 24.2 Å². The Bertz CT molecular complexity index is 770. The molecule has 1 aromatic carbocycles. The second-order valence-corrected chi connectivity index (χ2v) is 6.31. The standard InChI is InChI=1S/C20H24N4O2/c1-3-24(18-7-5-4-6-8-18)19-13-17(14-21-15-19)20(26)23-11-9-22(10-12-23)16(2)25/h4-8,13-15H,3,9-12H2,1-2H3. The molecule has 6 heteroatoms. The van der Waals surface area contributed by atoms with Crippen LogP contribution in [0.2, 0.25) is 0 Å². The van der Waals surface area contributed by atoms with Crippen molar-refractivity contribution in [3.63, 3.8) is 0 Å². The number of para-hydroxylation sites is 1. The highest BCUT2D eigenvalue weighted by Crippen LogP contribution is 2.25. The van der Waals surface area contributed by atoms with E-state index in [0.717, 1.165) is 17.9 Å². The van der Waals surface area contributed by atoms with Gasteiger partial charge in [-0.05, 0) is 25.1 Å². The number of benzene rings is 1. The molecule has 2 amide bonds. The minimum atomic E-state index is -0.0355. The third-order valence-electron chi connectivity index (χ3n) is 4.68. The first-order chi connectivity index (χ1) is 12.6. The first-order valence-corrected chi connectivity index (χ1v) is 8.92. The van der Waals surface area contributed by atoms with Crippen molar-refractivity contribution in [2.75, 3.05) is 37.6 Å². The molecule has 0 saturated carbocycles. The molecule has 6 nitrogen and oxygen atoms in total. The predicted molar refractivity (Wildman–Crippen MR) is 102 cm³/mol. The highest BCUT2D eigenvalue weighted by atomic mass is 16.2. The van der Waals surface area contributed by atoms with Crippen molar-refractivity contribution in [3.05, 3.63) is 54.4 Å². The summed E-state index contributed by atoms with van der Waals surface area (Å²) in [5, 5.41) is 0. The molecule has 1 aliphatic heterocycles. The van der Waals surface area contributed by atoms with Crippen LogP contribution >= 0.6 is 0 Å². The van der Waals surface area contributed by atoms with Crippen LogP contribution in [-0.2, 0) is 4.79 Å². The smallest absolute Gasteiger partial charge is 0.255 e. The number of aromatic nitrogens is 1. The van der Waals surface area contributed by atoms with Gasteiger partial charge in [-0.15, -0.1) is 0 Å². The fourth-order valence-electron chi connectivity index (χ4n) is 3.22.